The van der Waals surface area contributed by atoms with Crippen LogP contribution < -0.4 is 5.32 Å². The molecule has 0 saturated heterocycles. The number of aryl methyl sites for hydroxylation is 1. The molecule has 1 heterocycles. The van der Waals surface area contributed by atoms with E-state index in [0.717, 1.165) is 17.3 Å². The third-order valence-electron chi connectivity index (χ3n) is 4.04. The van der Waals surface area contributed by atoms with Gasteiger partial charge in [0.1, 0.15) is 5.75 Å². The van der Waals surface area contributed by atoms with E-state index in [1.807, 2.05) is 13.0 Å². The van der Waals surface area contributed by atoms with Crippen molar-refractivity contribution in [3.05, 3.63) is 23.5 Å². The van der Waals surface area contributed by atoms with Crippen molar-refractivity contribution in [2.45, 2.75) is 58.5 Å². The summed E-state index contributed by atoms with van der Waals surface area (Å²) < 4.78 is 0. The van der Waals surface area contributed by atoms with Gasteiger partial charge in [-0.1, -0.05) is 19.3 Å². The molecule has 1 fully saturated rings. The molecule has 1 aromatic heterocycles. The van der Waals surface area contributed by atoms with Gasteiger partial charge in [0.25, 0.3) is 0 Å². The summed E-state index contributed by atoms with van der Waals surface area (Å²) in [6.45, 7) is 4.86. The maximum Gasteiger partial charge on any atom is 0.138 e. The first kappa shape index (κ1) is 13.3. The van der Waals surface area contributed by atoms with E-state index in [0.29, 0.717) is 18.3 Å². The minimum atomic E-state index is 0.295. The van der Waals surface area contributed by atoms with Crippen LogP contribution in [-0.4, -0.2) is 16.1 Å². The van der Waals surface area contributed by atoms with Crippen molar-refractivity contribution >= 4 is 0 Å². The Morgan fingerprint density at radius 3 is 2.78 bits per heavy atom. The van der Waals surface area contributed by atoms with Gasteiger partial charge in [0.05, 0.1) is 5.69 Å². The van der Waals surface area contributed by atoms with Crippen LogP contribution in [-0.2, 0) is 6.54 Å². The lowest BCUT2D eigenvalue weighted by Gasteiger charge is -2.28. The average Bonchev–Trinajstić information content (AvgIpc) is 2.40. The number of rotatable bonds is 4. The average molecular weight is 248 g/mol. The summed E-state index contributed by atoms with van der Waals surface area (Å²) in [6.07, 6.45) is 6.79. The molecule has 0 radical (unpaired) electrons. The van der Waals surface area contributed by atoms with Gasteiger partial charge in [0.2, 0.25) is 0 Å². The van der Waals surface area contributed by atoms with E-state index >= 15 is 0 Å². The SMILES string of the molecule is Cc1ccc(O)c(CNC(C)C2CCCCC2)n1. The summed E-state index contributed by atoms with van der Waals surface area (Å²) in [5, 5.41) is 13.3. The van der Waals surface area contributed by atoms with Gasteiger partial charge in [0, 0.05) is 18.3 Å². The molecule has 18 heavy (non-hydrogen) atoms. The fourth-order valence-corrected chi connectivity index (χ4v) is 2.79. The van der Waals surface area contributed by atoms with Crippen LogP contribution in [0.1, 0.15) is 50.4 Å². The predicted octanol–water partition coefficient (Wildman–Crippen LogP) is 3.15. The first-order chi connectivity index (χ1) is 8.66. The predicted molar refractivity (Wildman–Crippen MR) is 73.5 cm³/mol. The van der Waals surface area contributed by atoms with Crippen molar-refractivity contribution in [3.63, 3.8) is 0 Å². The Morgan fingerprint density at radius 1 is 1.33 bits per heavy atom. The molecule has 0 aliphatic heterocycles. The minimum absolute atomic E-state index is 0.295. The number of hydrogen-bond donors (Lipinski definition) is 2. The lowest BCUT2D eigenvalue weighted by atomic mass is 9.84. The van der Waals surface area contributed by atoms with Crippen molar-refractivity contribution in [2.24, 2.45) is 5.92 Å². The second-order valence-corrected chi connectivity index (χ2v) is 5.49. The normalized spacial score (nSPS) is 18.8. The molecule has 100 valence electrons. The molecule has 1 saturated carbocycles. The molecule has 1 atom stereocenters. The van der Waals surface area contributed by atoms with Crippen molar-refractivity contribution in [1.29, 1.82) is 0 Å². The zero-order valence-corrected chi connectivity index (χ0v) is 11.4. The van der Waals surface area contributed by atoms with Gasteiger partial charge in [-0.3, -0.25) is 4.98 Å². The van der Waals surface area contributed by atoms with Crippen molar-refractivity contribution in [1.82, 2.24) is 10.3 Å². The van der Waals surface area contributed by atoms with E-state index in [9.17, 15) is 5.11 Å². The Morgan fingerprint density at radius 2 is 2.06 bits per heavy atom. The first-order valence-corrected chi connectivity index (χ1v) is 7.05. The lowest BCUT2D eigenvalue weighted by Crippen LogP contribution is -2.34. The van der Waals surface area contributed by atoms with Gasteiger partial charge in [-0.05, 0) is 44.7 Å². The zero-order chi connectivity index (χ0) is 13.0. The van der Waals surface area contributed by atoms with E-state index in [1.165, 1.54) is 32.1 Å². The van der Waals surface area contributed by atoms with Crippen LogP contribution in [0.5, 0.6) is 5.75 Å². The van der Waals surface area contributed by atoms with E-state index in [4.69, 9.17) is 0 Å². The standard InChI is InChI=1S/C15H24N2O/c1-11-8-9-15(18)14(17-11)10-16-12(2)13-6-4-3-5-7-13/h8-9,12-13,16,18H,3-7,10H2,1-2H3. The van der Waals surface area contributed by atoms with Crippen LogP contribution in [0.3, 0.4) is 0 Å². The van der Waals surface area contributed by atoms with Crippen LogP contribution in [0.2, 0.25) is 0 Å². The smallest absolute Gasteiger partial charge is 0.138 e. The van der Waals surface area contributed by atoms with E-state index in [2.05, 4.69) is 17.2 Å². The molecule has 0 aromatic carbocycles. The first-order valence-electron chi connectivity index (χ1n) is 7.05. The van der Waals surface area contributed by atoms with Crippen LogP contribution >= 0.6 is 0 Å². The van der Waals surface area contributed by atoms with Crippen LogP contribution in [0.15, 0.2) is 12.1 Å². The highest BCUT2D eigenvalue weighted by Crippen LogP contribution is 2.26. The highest BCUT2D eigenvalue weighted by atomic mass is 16.3. The molecule has 0 bridgehead atoms. The van der Waals surface area contributed by atoms with Gasteiger partial charge in [0.15, 0.2) is 0 Å². The molecule has 1 aliphatic rings. The summed E-state index contributed by atoms with van der Waals surface area (Å²) in [5.74, 6) is 1.08. The number of pyridine rings is 1. The number of aromatic nitrogens is 1. The summed E-state index contributed by atoms with van der Waals surface area (Å²) >= 11 is 0. The molecule has 1 aromatic rings. The molecule has 3 heteroatoms. The minimum Gasteiger partial charge on any atom is -0.506 e. The monoisotopic (exact) mass is 248 g/mol. The molecule has 1 unspecified atom stereocenters. The number of hydrogen-bond acceptors (Lipinski definition) is 3. The largest absolute Gasteiger partial charge is 0.506 e. The summed E-state index contributed by atoms with van der Waals surface area (Å²) in [6, 6.07) is 4.07. The number of nitrogens with zero attached hydrogens (tertiary/aromatic N) is 1. The van der Waals surface area contributed by atoms with E-state index in [1.54, 1.807) is 6.07 Å². The summed E-state index contributed by atoms with van der Waals surface area (Å²) in [4.78, 5) is 4.38. The molecule has 0 spiro atoms. The quantitative estimate of drug-likeness (QED) is 0.860. The van der Waals surface area contributed by atoms with Gasteiger partial charge in [-0.2, -0.15) is 0 Å². The lowest BCUT2D eigenvalue weighted by molar-refractivity contribution is 0.279. The van der Waals surface area contributed by atoms with Gasteiger partial charge < -0.3 is 10.4 Å². The van der Waals surface area contributed by atoms with Crippen LogP contribution in [0, 0.1) is 12.8 Å². The number of aromatic hydroxyl groups is 1. The molecule has 0 amide bonds. The summed E-state index contributed by atoms with van der Waals surface area (Å²) in [5.41, 5.74) is 1.72. The third-order valence-corrected chi connectivity index (χ3v) is 4.04. The molecule has 2 rings (SSSR count). The Kier molecular flexibility index (Phi) is 4.59. The molecular formula is C15H24N2O. The maximum absolute atomic E-state index is 9.76. The van der Waals surface area contributed by atoms with Gasteiger partial charge >= 0.3 is 0 Å². The van der Waals surface area contributed by atoms with Crippen molar-refractivity contribution in [2.75, 3.05) is 0 Å². The van der Waals surface area contributed by atoms with Crippen LogP contribution in [0.25, 0.3) is 0 Å². The van der Waals surface area contributed by atoms with Crippen molar-refractivity contribution in [3.8, 4) is 5.75 Å². The summed E-state index contributed by atoms with van der Waals surface area (Å²) in [7, 11) is 0. The van der Waals surface area contributed by atoms with Crippen LogP contribution in [0.4, 0.5) is 0 Å². The second kappa shape index (κ2) is 6.19. The fraction of sp³-hybridized carbons (Fsp3) is 0.667. The number of nitrogens with one attached hydrogen (secondary N) is 1. The van der Waals surface area contributed by atoms with Gasteiger partial charge in [-0.15, -0.1) is 0 Å². The van der Waals surface area contributed by atoms with E-state index < -0.39 is 0 Å². The highest BCUT2D eigenvalue weighted by Gasteiger charge is 2.19. The second-order valence-electron chi connectivity index (χ2n) is 5.49. The van der Waals surface area contributed by atoms with Gasteiger partial charge in [-0.25, -0.2) is 0 Å². The Hall–Kier alpha value is -1.09. The van der Waals surface area contributed by atoms with E-state index in [-0.39, 0.29) is 0 Å². The fourth-order valence-electron chi connectivity index (χ4n) is 2.79. The Balaban J connectivity index is 1.88. The molecule has 2 N–H and O–H groups in total. The topological polar surface area (TPSA) is 45.1 Å². The maximum atomic E-state index is 9.76. The molecular weight excluding hydrogens is 224 g/mol. The highest BCUT2D eigenvalue weighted by molar-refractivity contribution is 5.27. The Bertz CT molecular complexity index is 386. The van der Waals surface area contributed by atoms with Crippen molar-refractivity contribution < 1.29 is 5.11 Å². The zero-order valence-electron chi connectivity index (χ0n) is 11.4. The molecule has 1 aliphatic carbocycles. The molecule has 3 nitrogen and oxygen atoms in total. The third kappa shape index (κ3) is 3.45. The Labute approximate surface area is 110 Å².